The van der Waals surface area contributed by atoms with Crippen LogP contribution in [0, 0.1) is 0 Å². The molecule has 0 aromatic carbocycles. The average molecular weight is 268 g/mol. The molecule has 1 atom stereocenters. The van der Waals surface area contributed by atoms with Crippen LogP contribution in [0.1, 0.15) is 19.0 Å². The van der Waals surface area contributed by atoms with Gasteiger partial charge in [-0.25, -0.2) is 0 Å². The molecule has 1 aromatic rings. The van der Waals surface area contributed by atoms with E-state index in [0.717, 1.165) is 31.0 Å². The number of hydrogen-bond acceptors (Lipinski definition) is 6. The van der Waals surface area contributed by atoms with E-state index in [-0.39, 0.29) is 6.10 Å². The van der Waals surface area contributed by atoms with Crippen molar-refractivity contribution in [1.29, 1.82) is 0 Å². The molecule has 19 heavy (non-hydrogen) atoms. The standard InChI is InChI=1S/C13H24N4O2/c1-4-7-14-8-11-5-6-13(17-16-11)15-9-12(19-3)10-18-2/h5-6,12,14H,4,7-10H2,1-3H3,(H,15,17). The Morgan fingerprint density at radius 3 is 2.68 bits per heavy atom. The van der Waals surface area contributed by atoms with Gasteiger partial charge in [-0.3, -0.25) is 0 Å². The third kappa shape index (κ3) is 6.47. The maximum Gasteiger partial charge on any atom is 0.148 e. The molecule has 1 rings (SSSR count). The Morgan fingerprint density at radius 1 is 1.26 bits per heavy atom. The SMILES string of the molecule is CCCNCc1ccc(NCC(COC)OC)nn1. The minimum atomic E-state index is 0.0118. The van der Waals surface area contributed by atoms with Crippen molar-refractivity contribution in [2.24, 2.45) is 0 Å². The van der Waals surface area contributed by atoms with Crippen LogP contribution < -0.4 is 10.6 Å². The highest BCUT2D eigenvalue weighted by Crippen LogP contribution is 2.03. The lowest BCUT2D eigenvalue weighted by Crippen LogP contribution is -2.27. The molecule has 1 unspecified atom stereocenters. The minimum absolute atomic E-state index is 0.0118. The minimum Gasteiger partial charge on any atom is -0.382 e. The molecule has 0 aliphatic heterocycles. The number of anilines is 1. The summed E-state index contributed by atoms with van der Waals surface area (Å²) in [5.41, 5.74) is 0.944. The average Bonchev–Trinajstić information content (AvgIpc) is 2.45. The van der Waals surface area contributed by atoms with E-state index in [1.54, 1.807) is 14.2 Å². The second-order valence-electron chi connectivity index (χ2n) is 4.28. The molecular weight excluding hydrogens is 244 g/mol. The summed E-state index contributed by atoms with van der Waals surface area (Å²) in [6, 6.07) is 3.89. The predicted molar refractivity (Wildman–Crippen MR) is 75.2 cm³/mol. The van der Waals surface area contributed by atoms with E-state index in [4.69, 9.17) is 9.47 Å². The molecule has 0 aliphatic rings. The van der Waals surface area contributed by atoms with E-state index < -0.39 is 0 Å². The Hall–Kier alpha value is -1.24. The molecule has 0 bridgehead atoms. The van der Waals surface area contributed by atoms with Crippen molar-refractivity contribution in [3.05, 3.63) is 17.8 Å². The second kappa shape index (κ2) is 9.66. The van der Waals surface area contributed by atoms with Crippen molar-refractivity contribution >= 4 is 5.82 Å². The van der Waals surface area contributed by atoms with Gasteiger partial charge in [0.1, 0.15) is 5.82 Å². The third-order valence-corrected chi connectivity index (χ3v) is 2.65. The zero-order valence-corrected chi connectivity index (χ0v) is 12.0. The van der Waals surface area contributed by atoms with Crippen molar-refractivity contribution in [3.63, 3.8) is 0 Å². The first-order valence-corrected chi connectivity index (χ1v) is 6.59. The number of nitrogens with zero attached hydrogens (tertiary/aromatic N) is 2. The van der Waals surface area contributed by atoms with Gasteiger partial charge in [0, 0.05) is 27.3 Å². The summed E-state index contributed by atoms with van der Waals surface area (Å²) >= 11 is 0. The highest BCUT2D eigenvalue weighted by atomic mass is 16.5. The van der Waals surface area contributed by atoms with Crippen molar-refractivity contribution in [2.75, 3.05) is 39.2 Å². The predicted octanol–water partition coefficient (Wildman–Crippen LogP) is 1.05. The van der Waals surface area contributed by atoms with Crippen LogP contribution in [0.25, 0.3) is 0 Å². The topological polar surface area (TPSA) is 68.3 Å². The molecule has 0 amide bonds. The Labute approximate surface area is 114 Å². The smallest absolute Gasteiger partial charge is 0.148 e. The van der Waals surface area contributed by atoms with E-state index in [1.165, 1.54) is 0 Å². The molecule has 0 aliphatic carbocycles. The molecule has 0 fully saturated rings. The fraction of sp³-hybridized carbons (Fsp3) is 0.692. The normalized spacial score (nSPS) is 12.4. The summed E-state index contributed by atoms with van der Waals surface area (Å²) in [5.74, 6) is 0.748. The van der Waals surface area contributed by atoms with Crippen LogP contribution in [-0.2, 0) is 16.0 Å². The zero-order chi connectivity index (χ0) is 13.9. The van der Waals surface area contributed by atoms with Gasteiger partial charge in [-0.1, -0.05) is 6.92 Å². The molecule has 1 heterocycles. The summed E-state index contributed by atoms with van der Waals surface area (Å²) < 4.78 is 10.3. The molecule has 1 aromatic heterocycles. The van der Waals surface area contributed by atoms with E-state index in [1.807, 2.05) is 12.1 Å². The lowest BCUT2D eigenvalue weighted by Gasteiger charge is -2.15. The number of aromatic nitrogens is 2. The number of ether oxygens (including phenoxy) is 2. The van der Waals surface area contributed by atoms with Crippen LogP contribution in [0.15, 0.2) is 12.1 Å². The van der Waals surface area contributed by atoms with Gasteiger partial charge < -0.3 is 20.1 Å². The van der Waals surface area contributed by atoms with Crippen molar-refractivity contribution in [3.8, 4) is 0 Å². The van der Waals surface area contributed by atoms with Crippen LogP contribution in [0.5, 0.6) is 0 Å². The maximum absolute atomic E-state index is 5.26. The Kier molecular flexibility index (Phi) is 8.04. The number of hydrogen-bond donors (Lipinski definition) is 2. The second-order valence-corrected chi connectivity index (χ2v) is 4.28. The molecule has 108 valence electrons. The Balaban J connectivity index is 2.34. The number of methoxy groups -OCH3 is 2. The van der Waals surface area contributed by atoms with Gasteiger partial charge in [-0.05, 0) is 25.1 Å². The monoisotopic (exact) mass is 268 g/mol. The molecule has 0 saturated carbocycles. The first kappa shape index (κ1) is 15.8. The van der Waals surface area contributed by atoms with Gasteiger partial charge in [0.25, 0.3) is 0 Å². The zero-order valence-electron chi connectivity index (χ0n) is 12.0. The van der Waals surface area contributed by atoms with E-state index in [0.29, 0.717) is 13.2 Å². The fourth-order valence-electron chi connectivity index (χ4n) is 1.56. The first-order valence-electron chi connectivity index (χ1n) is 6.59. The van der Waals surface area contributed by atoms with Gasteiger partial charge >= 0.3 is 0 Å². The van der Waals surface area contributed by atoms with Crippen LogP contribution in [0.4, 0.5) is 5.82 Å². The van der Waals surface area contributed by atoms with Crippen LogP contribution in [0.3, 0.4) is 0 Å². The summed E-state index contributed by atoms with van der Waals surface area (Å²) in [7, 11) is 3.32. The van der Waals surface area contributed by atoms with E-state index >= 15 is 0 Å². The third-order valence-electron chi connectivity index (χ3n) is 2.65. The molecule has 6 nitrogen and oxygen atoms in total. The van der Waals surface area contributed by atoms with Gasteiger partial charge in [0.15, 0.2) is 0 Å². The maximum atomic E-state index is 5.26. The lowest BCUT2D eigenvalue weighted by atomic mass is 10.3. The van der Waals surface area contributed by atoms with Crippen molar-refractivity contribution in [2.45, 2.75) is 26.0 Å². The van der Waals surface area contributed by atoms with Crippen LogP contribution in [-0.4, -0.2) is 50.2 Å². The fourth-order valence-corrected chi connectivity index (χ4v) is 1.56. The number of rotatable bonds is 10. The van der Waals surface area contributed by atoms with Gasteiger partial charge in [0.2, 0.25) is 0 Å². The van der Waals surface area contributed by atoms with Gasteiger partial charge in [0.05, 0.1) is 18.4 Å². The quantitative estimate of drug-likeness (QED) is 0.618. The van der Waals surface area contributed by atoms with Gasteiger partial charge in [-0.2, -0.15) is 5.10 Å². The molecular formula is C13H24N4O2. The highest BCUT2D eigenvalue weighted by Gasteiger charge is 2.06. The molecule has 0 spiro atoms. The highest BCUT2D eigenvalue weighted by molar-refractivity contribution is 5.32. The summed E-state index contributed by atoms with van der Waals surface area (Å²) in [6.07, 6.45) is 1.13. The molecule has 0 radical (unpaired) electrons. The van der Waals surface area contributed by atoms with E-state index in [9.17, 15) is 0 Å². The number of nitrogens with one attached hydrogen (secondary N) is 2. The molecule has 0 saturated heterocycles. The van der Waals surface area contributed by atoms with Crippen LogP contribution >= 0.6 is 0 Å². The Morgan fingerprint density at radius 2 is 2.11 bits per heavy atom. The van der Waals surface area contributed by atoms with Crippen molar-refractivity contribution in [1.82, 2.24) is 15.5 Å². The van der Waals surface area contributed by atoms with Crippen molar-refractivity contribution < 1.29 is 9.47 Å². The molecule has 6 heteroatoms. The summed E-state index contributed by atoms with van der Waals surface area (Å²) in [4.78, 5) is 0. The van der Waals surface area contributed by atoms with Crippen LogP contribution in [0.2, 0.25) is 0 Å². The Bertz CT molecular complexity index is 332. The van der Waals surface area contributed by atoms with Gasteiger partial charge in [-0.15, -0.1) is 5.10 Å². The van der Waals surface area contributed by atoms with E-state index in [2.05, 4.69) is 27.8 Å². The first-order chi connectivity index (χ1) is 9.30. The largest absolute Gasteiger partial charge is 0.382 e. The summed E-state index contributed by atoms with van der Waals surface area (Å²) in [6.45, 7) is 5.08. The lowest BCUT2D eigenvalue weighted by molar-refractivity contribution is 0.0365. The molecule has 2 N–H and O–H groups in total. The summed E-state index contributed by atoms with van der Waals surface area (Å²) in [5, 5.41) is 14.7.